The number of ether oxygens (including phenoxy) is 1. The number of carbonyl (C=O) groups is 1. The average Bonchev–Trinajstić information content (AvgIpc) is 2.56. The molecule has 1 heterocycles. The lowest BCUT2D eigenvalue weighted by atomic mass is 10.2. The number of hydrogen-bond acceptors (Lipinski definition) is 5. The van der Waals surface area contributed by atoms with Crippen LogP contribution in [0.5, 0.6) is 0 Å². The number of carbonyl (C=O) groups excluding carboxylic acids is 1. The Balaban J connectivity index is 2.82. The SMILES string of the molecule is CCCOC(=O)c1c(C)nsc1NC. The fourth-order valence-corrected chi connectivity index (χ4v) is 1.78. The van der Waals surface area contributed by atoms with E-state index in [0.29, 0.717) is 12.2 Å². The Bertz CT molecular complexity index is 323. The van der Waals surface area contributed by atoms with Gasteiger partial charge in [-0.2, -0.15) is 4.37 Å². The van der Waals surface area contributed by atoms with Crippen LogP contribution in [-0.2, 0) is 4.74 Å². The lowest BCUT2D eigenvalue weighted by molar-refractivity contribution is 0.0505. The maximum absolute atomic E-state index is 11.6. The Kier molecular flexibility index (Phi) is 3.88. The summed E-state index contributed by atoms with van der Waals surface area (Å²) in [7, 11) is 1.77. The lowest BCUT2D eigenvalue weighted by Crippen LogP contribution is -2.08. The normalized spacial score (nSPS) is 9.93. The predicted octanol–water partition coefficient (Wildman–Crippen LogP) is 2.06. The molecule has 0 aliphatic heterocycles. The van der Waals surface area contributed by atoms with Crippen molar-refractivity contribution in [1.82, 2.24) is 4.37 Å². The van der Waals surface area contributed by atoms with E-state index in [1.807, 2.05) is 6.92 Å². The zero-order valence-electron chi connectivity index (χ0n) is 8.59. The highest BCUT2D eigenvalue weighted by molar-refractivity contribution is 7.10. The molecule has 1 aromatic heterocycles. The maximum atomic E-state index is 11.6. The fraction of sp³-hybridized carbons (Fsp3) is 0.556. The van der Waals surface area contributed by atoms with E-state index >= 15 is 0 Å². The number of anilines is 1. The van der Waals surface area contributed by atoms with Gasteiger partial charge < -0.3 is 10.1 Å². The van der Waals surface area contributed by atoms with Crippen LogP contribution in [0.4, 0.5) is 5.00 Å². The van der Waals surface area contributed by atoms with Crippen LogP contribution in [-0.4, -0.2) is 24.0 Å². The maximum Gasteiger partial charge on any atom is 0.343 e. The quantitative estimate of drug-likeness (QED) is 0.779. The summed E-state index contributed by atoms with van der Waals surface area (Å²) in [5, 5.41) is 3.70. The van der Waals surface area contributed by atoms with Crippen LogP contribution in [0.2, 0.25) is 0 Å². The Morgan fingerprint density at radius 1 is 1.64 bits per heavy atom. The molecule has 1 N–H and O–H groups in total. The molecule has 78 valence electrons. The summed E-state index contributed by atoms with van der Waals surface area (Å²) < 4.78 is 9.14. The van der Waals surface area contributed by atoms with Gasteiger partial charge in [0.05, 0.1) is 12.3 Å². The molecule has 0 radical (unpaired) electrons. The van der Waals surface area contributed by atoms with Gasteiger partial charge in [-0.05, 0) is 24.9 Å². The topological polar surface area (TPSA) is 51.2 Å². The van der Waals surface area contributed by atoms with E-state index < -0.39 is 0 Å². The Morgan fingerprint density at radius 2 is 2.36 bits per heavy atom. The summed E-state index contributed by atoms with van der Waals surface area (Å²) in [6.07, 6.45) is 0.831. The summed E-state index contributed by atoms with van der Waals surface area (Å²) in [5.41, 5.74) is 1.28. The van der Waals surface area contributed by atoms with Gasteiger partial charge >= 0.3 is 5.97 Å². The third-order valence-electron chi connectivity index (χ3n) is 1.73. The van der Waals surface area contributed by atoms with Crippen molar-refractivity contribution in [1.29, 1.82) is 0 Å². The van der Waals surface area contributed by atoms with Crippen LogP contribution >= 0.6 is 11.5 Å². The molecule has 1 aromatic rings. The minimum Gasteiger partial charge on any atom is -0.462 e. The molecular weight excluding hydrogens is 200 g/mol. The van der Waals surface area contributed by atoms with Crippen molar-refractivity contribution in [3.63, 3.8) is 0 Å². The number of rotatable bonds is 4. The molecule has 0 aromatic carbocycles. The molecule has 0 saturated heterocycles. The Labute approximate surface area is 87.4 Å². The number of aromatic nitrogens is 1. The molecule has 0 spiro atoms. The predicted molar refractivity (Wildman–Crippen MR) is 57.0 cm³/mol. The van der Waals surface area contributed by atoms with Crippen molar-refractivity contribution in [3.05, 3.63) is 11.3 Å². The van der Waals surface area contributed by atoms with E-state index in [0.717, 1.165) is 17.1 Å². The summed E-state index contributed by atoms with van der Waals surface area (Å²) in [4.78, 5) is 11.6. The van der Waals surface area contributed by atoms with Crippen LogP contribution in [0.25, 0.3) is 0 Å². The average molecular weight is 214 g/mol. The number of nitrogens with zero attached hydrogens (tertiary/aromatic N) is 1. The number of esters is 1. The van der Waals surface area contributed by atoms with E-state index in [2.05, 4.69) is 9.69 Å². The molecule has 5 heteroatoms. The van der Waals surface area contributed by atoms with E-state index in [-0.39, 0.29) is 5.97 Å². The monoisotopic (exact) mass is 214 g/mol. The first kappa shape index (κ1) is 11.0. The summed E-state index contributed by atoms with van der Waals surface area (Å²) in [6.45, 7) is 4.22. The number of nitrogens with one attached hydrogen (secondary N) is 1. The van der Waals surface area contributed by atoms with Crippen molar-refractivity contribution in [2.75, 3.05) is 19.0 Å². The molecule has 0 saturated carbocycles. The van der Waals surface area contributed by atoms with Crippen LogP contribution in [0.1, 0.15) is 29.4 Å². The molecule has 0 bridgehead atoms. The molecular formula is C9H14N2O2S. The second-order valence-corrected chi connectivity index (χ2v) is 3.63. The zero-order valence-corrected chi connectivity index (χ0v) is 9.40. The van der Waals surface area contributed by atoms with Crippen molar-refractivity contribution in [3.8, 4) is 0 Å². The lowest BCUT2D eigenvalue weighted by Gasteiger charge is -2.03. The van der Waals surface area contributed by atoms with Crippen molar-refractivity contribution in [2.24, 2.45) is 0 Å². The minimum absolute atomic E-state index is 0.289. The van der Waals surface area contributed by atoms with Crippen LogP contribution in [0, 0.1) is 6.92 Å². The third-order valence-corrected chi connectivity index (χ3v) is 2.69. The van der Waals surface area contributed by atoms with E-state index in [4.69, 9.17) is 4.74 Å². The van der Waals surface area contributed by atoms with Gasteiger partial charge in [-0.25, -0.2) is 4.79 Å². The van der Waals surface area contributed by atoms with Crippen molar-refractivity contribution < 1.29 is 9.53 Å². The molecule has 4 nitrogen and oxygen atoms in total. The highest BCUT2D eigenvalue weighted by Gasteiger charge is 2.18. The molecule has 0 amide bonds. The molecule has 1 rings (SSSR count). The second-order valence-electron chi connectivity index (χ2n) is 2.86. The van der Waals surface area contributed by atoms with Gasteiger partial charge in [-0.3, -0.25) is 0 Å². The standard InChI is InChI=1S/C9H14N2O2S/c1-4-5-13-9(12)7-6(2)11-14-8(7)10-3/h10H,4-5H2,1-3H3. The summed E-state index contributed by atoms with van der Waals surface area (Å²) in [5.74, 6) is -0.289. The minimum atomic E-state index is -0.289. The molecule has 14 heavy (non-hydrogen) atoms. The largest absolute Gasteiger partial charge is 0.462 e. The van der Waals surface area contributed by atoms with Crippen LogP contribution < -0.4 is 5.32 Å². The van der Waals surface area contributed by atoms with Gasteiger partial charge in [0.15, 0.2) is 0 Å². The van der Waals surface area contributed by atoms with Gasteiger partial charge in [0.2, 0.25) is 0 Å². The highest BCUT2D eigenvalue weighted by Crippen LogP contribution is 2.24. The smallest absolute Gasteiger partial charge is 0.343 e. The van der Waals surface area contributed by atoms with Gasteiger partial charge in [-0.15, -0.1) is 0 Å². The molecule has 0 aliphatic rings. The van der Waals surface area contributed by atoms with Crippen molar-refractivity contribution in [2.45, 2.75) is 20.3 Å². The van der Waals surface area contributed by atoms with E-state index in [1.54, 1.807) is 14.0 Å². The first-order chi connectivity index (χ1) is 6.70. The number of hydrogen-bond donors (Lipinski definition) is 1. The highest BCUT2D eigenvalue weighted by atomic mass is 32.1. The van der Waals surface area contributed by atoms with Crippen LogP contribution in [0.3, 0.4) is 0 Å². The summed E-state index contributed by atoms with van der Waals surface area (Å²) in [6, 6.07) is 0. The Hall–Kier alpha value is -1.10. The molecule has 0 unspecified atom stereocenters. The first-order valence-electron chi connectivity index (χ1n) is 4.51. The van der Waals surface area contributed by atoms with Gasteiger partial charge in [0.1, 0.15) is 10.6 Å². The van der Waals surface area contributed by atoms with Crippen LogP contribution in [0.15, 0.2) is 0 Å². The second kappa shape index (κ2) is 4.95. The molecule has 0 atom stereocenters. The van der Waals surface area contributed by atoms with Gasteiger partial charge in [-0.1, -0.05) is 6.92 Å². The van der Waals surface area contributed by atoms with Gasteiger partial charge in [0, 0.05) is 7.05 Å². The Morgan fingerprint density at radius 3 is 2.93 bits per heavy atom. The van der Waals surface area contributed by atoms with Gasteiger partial charge in [0.25, 0.3) is 0 Å². The summed E-state index contributed by atoms with van der Waals surface area (Å²) >= 11 is 1.28. The molecule has 0 aliphatic carbocycles. The molecule has 0 fully saturated rings. The zero-order chi connectivity index (χ0) is 10.6. The fourth-order valence-electron chi connectivity index (χ4n) is 1.05. The number of aryl methyl sites for hydroxylation is 1. The van der Waals surface area contributed by atoms with E-state index in [1.165, 1.54) is 11.5 Å². The van der Waals surface area contributed by atoms with E-state index in [9.17, 15) is 4.79 Å². The van der Waals surface area contributed by atoms with Crippen molar-refractivity contribution >= 4 is 22.5 Å². The first-order valence-corrected chi connectivity index (χ1v) is 5.29. The third kappa shape index (κ3) is 2.23.